The SMILES string of the molecule is CCN(C)c1ccc(C(=O)NCC2CN(C)CCN2C)cc1. The Morgan fingerprint density at radius 2 is 1.95 bits per heavy atom. The summed E-state index contributed by atoms with van der Waals surface area (Å²) < 4.78 is 0. The lowest BCUT2D eigenvalue weighted by Gasteiger charge is -2.37. The summed E-state index contributed by atoms with van der Waals surface area (Å²) in [6, 6.07) is 8.17. The first-order valence-corrected chi connectivity index (χ1v) is 7.99. The van der Waals surface area contributed by atoms with Gasteiger partial charge in [-0.3, -0.25) is 9.69 Å². The summed E-state index contributed by atoms with van der Waals surface area (Å²) in [6.07, 6.45) is 0. The van der Waals surface area contributed by atoms with Crippen LogP contribution in [0.25, 0.3) is 0 Å². The molecule has 1 aromatic carbocycles. The molecule has 0 saturated carbocycles. The average Bonchev–Trinajstić information content (AvgIpc) is 2.54. The van der Waals surface area contributed by atoms with Crippen molar-refractivity contribution in [1.82, 2.24) is 15.1 Å². The van der Waals surface area contributed by atoms with E-state index in [0.29, 0.717) is 12.6 Å². The van der Waals surface area contributed by atoms with Crippen LogP contribution >= 0.6 is 0 Å². The minimum absolute atomic E-state index is 0.00679. The Hall–Kier alpha value is -1.59. The van der Waals surface area contributed by atoms with Gasteiger partial charge >= 0.3 is 0 Å². The molecule has 1 aliphatic rings. The zero-order chi connectivity index (χ0) is 16.1. The van der Waals surface area contributed by atoms with E-state index in [9.17, 15) is 4.79 Å². The van der Waals surface area contributed by atoms with Gasteiger partial charge in [0.15, 0.2) is 0 Å². The second-order valence-corrected chi connectivity index (χ2v) is 6.17. The highest BCUT2D eigenvalue weighted by Crippen LogP contribution is 2.13. The fraction of sp³-hybridized carbons (Fsp3) is 0.588. The highest BCUT2D eigenvalue weighted by molar-refractivity contribution is 5.94. The topological polar surface area (TPSA) is 38.8 Å². The van der Waals surface area contributed by atoms with E-state index in [1.807, 2.05) is 31.3 Å². The van der Waals surface area contributed by atoms with Gasteiger partial charge in [0.1, 0.15) is 0 Å². The van der Waals surface area contributed by atoms with Gasteiger partial charge in [-0.15, -0.1) is 0 Å². The molecule has 1 amide bonds. The van der Waals surface area contributed by atoms with Crippen LogP contribution in [0.2, 0.25) is 0 Å². The number of likely N-dealkylation sites (N-methyl/N-ethyl adjacent to an activating group) is 2. The molecular weight excluding hydrogens is 276 g/mol. The van der Waals surface area contributed by atoms with Gasteiger partial charge in [-0.2, -0.15) is 0 Å². The zero-order valence-corrected chi connectivity index (χ0v) is 14.2. The number of carbonyl (C=O) groups excluding carboxylic acids is 1. The first-order chi connectivity index (χ1) is 10.5. The number of carbonyl (C=O) groups is 1. The standard InChI is InChI=1S/C17H28N4O/c1-5-20(3)15-8-6-14(7-9-15)17(22)18-12-16-13-19(2)10-11-21(16)4/h6-9,16H,5,10-13H2,1-4H3,(H,18,22). The quantitative estimate of drug-likeness (QED) is 0.885. The molecule has 0 bridgehead atoms. The molecule has 1 heterocycles. The van der Waals surface area contributed by atoms with E-state index >= 15 is 0 Å². The second kappa shape index (κ2) is 7.61. The Morgan fingerprint density at radius 1 is 1.27 bits per heavy atom. The molecule has 0 aromatic heterocycles. The van der Waals surface area contributed by atoms with Crippen LogP contribution in [0.1, 0.15) is 17.3 Å². The third-order valence-electron chi connectivity index (χ3n) is 4.52. The molecule has 122 valence electrons. The lowest BCUT2D eigenvalue weighted by atomic mass is 10.1. The van der Waals surface area contributed by atoms with Crippen molar-refractivity contribution in [2.45, 2.75) is 13.0 Å². The van der Waals surface area contributed by atoms with Gasteiger partial charge in [0.2, 0.25) is 0 Å². The molecule has 1 N–H and O–H groups in total. The molecule has 1 aromatic rings. The summed E-state index contributed by atoms with van der Waals surface area (Å²) in [5, 5.41) is 3.06. The molecule has 1 atom stereocenters. The molecule has 22 heavy (non-hydrogen) atoms. The summed E-state index contributed by atoms with van der Waals surface area (Å²) in [5.74, 6) is 0.00679. The molecule has 5 nitrogen and oxygen atoms in total. The first-order valence-electron chi connectivity index (χ1n) is 7.99. The van der Waals surface area contributed by atoms with E-state index in [2.05, 4.69) is 41.0 Å². The van der Waals surface area contributed by atoms with Crippen LogP contribution in [-0.2, 0) is 0 Å². The van der Waals surface area contributed by atoms with Crippen LogP contribution in [0.5, 0.6) is 0 Å². The summed E-state index contributed by atoms with van der Waals surface area (Å²) in [7, 11) is 6.30. The van der Waals surface area contributed by atoms with Crippen molar-refractivity contribution in [3.05, 3.63) is 29.8 Å². The van der Waals surface area contributed by atoms with Crippen LogP contribution in [0.3, 0.4) is 0 Å². The highest BCUT2D eigenvalue weighted by atomic mass is 16.1. The van der Waals surface area contributed by atoms with Crippen molar-refractivity contribution in [3.63, 3.8) is 0 Å². The number of hydrogen-bond acceptors (Lipinski definition) is 4. The highest BCUT2D eigenvalue weighted by Gasteiger charge is 2.22. The molecule has 1 unspecified atom stereocenters. The Kier molecular flexibility index (Phi) is 5.80. The van der Waals surface area contributed by atoms with Crippen LogP contribution in [0.15, 0.2) is 24.3 Å². The predicted octanol–water partition coefficient (Wildman–Crippen LogP) is 1.12. The molecule has 0 spiro atoms. The Labute approximate surface area is 133 Å². The summed E-state index contributed by atoms with van der Waals surface area (Å²) in [6.45, 7) is 6.89. The Morgan fingerprint density at radius 3 is 2.59 bits per heavy atom. The van der Waals surface area contributed by atoms with Gasteiger partial charge in [0.05, 0.1) is 0 Å². The third kappa shape index (κ3) is 4.21. The number of nitrogens with zero attached hydrogens (tertiary/aromatic N) is 3. The van der Waals surface area contributed by atoms with Gasteiger partial charge in [-0.1, -0.05) is 0 Å². The zero-order valence-electron chi connectivity index (χ0n) is 14.2. The molecular formula is C17H28N4O. The maximum absolute atomic E-state index is 12.3. The smallest absolute Gasteiger partial charge is 0.251 e. The fourth-order valence-electron chi connectivity index (χ4n) is 2.68. The lowest BCUT2D eigenvalue weighted by Crippen LogP contribution is -2.54. The molecule has 1 fully saturated rings. The van der Waals surface area contributed by atoms with Gasteiger partial charge < -0.3 is 15.1 Å². The van der Waals surface area contributed by atoms with Crippen molar-refractivity contribution in [1.29, 1.82) is 0 Å². The van der Waals surface area contributed by atoms with Crippen molar-refractivity contribution in [2.75, 3.05) is 58.8 Å². The maximum Gasteiger partial charge on any atom is 0.251 e. The van der Waals surface area contributed by atoms with Crippen LogP contribution in [0.4, 0.5) is 5.69 Å². The van der Waals surface area contributed by atoms with Crippen molar-refractivity contribution in [3.8, 4) is 0 Å². The number of rotatable bonds is 5. The van der Waals surface area contributed by atoms with E-state index in [1.54, 1.807) is 0 Å². The lowest BCUT2D eigenvalue weighted by molar-refractivity contribution is 0.0881. The van der Waals surface area contributed by atoms with Gasteiger partial charge in [0, 0.05) is 57.1 Å². The number of nitrogens with one attached hydrogen (secondary N) is 1. The normalized spacial score (nSPS) is 19.9. The van der Waals surface area contributed by atoms with E-state index < -0.39 is 0 Å². The Balaban J connectivity index is 1.89. The number of anilines is 1. The number of amides is 1. The van der Waals surface area contributed by atoms with Gasteiger partial charge in [0.25, 0.3) is 5.91 Å². The first kappa shape index (κ1) is 16.8. The van der Waals surface area contributed by atoms with Gasteiger partial charge in [-0.25, -0.2) is 0 Å². The monoisotopic (exact) mass is 304 g/mol. The average molecular weight is 304 g/mol. The summed E-state index contributed by atoms with van der Waals surface area (Å²) in [4.78, 5) is 19.0. The van der Waals surface area contributed by atoms with Crippen LogP contribution in [-0.4, -0.2) is 75.6 Å². The number of hydrogen-bond donors (Lipinski definition) is 1. The number of benzene rings is 1. The van der Waals surface area contributed by atoms with Crippen LogP contribution < -0.4 is 10.2 Å². The van der Waals surface area contributed by atoms with E-state index in [0.717, 1.165) is 37.4 Å². The molecule has 0 aliphatic carbocycles. The fourth-order valence-corrected chi connectivity index (χ4v) is 2.68. The van der Waals surface area contributed by atoms with E-state index in [-0.39, 0.29) is 5.91 Å². The van der Waals surface area contributed by atoms with Crippen molar-refractivity contribution >= 4 is 11.6 Å². The predicted molar refractivity (Wildman–Crippen MR) is 91.6 cm³/mol. The minimum atomic E-state index is 0.00679. The van der Waals surface area contributed by atoms with Crippen molar-refractivity contribution in [2.24, 2.45) is 0 Å². The van der Waals surface area contributed by atoms with Crippen molar-refractivity contribution < 1.29 is 4.79 Å². The molecule has 5 heteroatoms. The molecule has 1 saturated heterocycles. The number of piperazine rings is 1. The van der Waals surface area contributed by atoms with Gasteiger partial charge in [-0.05, 0) is 45.3 Å². The largest absolute Gasteiger partial charge is 0.375 e. The van der Waals surface area contributed by atoms with E-state index in [1.165, 1.54) is 0 Å². The Bertz CT molecular complexity index is 488. The maximum atomic E-state index is 12.3. The minimum Gasteiger partial charge on any atom is -0.375 e. The van der Waals surface area contributed by atoms with Crippen LogP contribution in [0, 0.1) is 0 Å². The molecule has 1 aliphatic heterocycles. The molecule has 2 rings (SSSR count). The van der Waals surface area contributed by atoms with E-state index in [4.69, 9.17) is 0 Å². The molecule has 0 radical (unpaired) electrons. The second-order valence-electron chi connectivity index (χ2n) is 6.17. The third-order valence-corrected chi connectivity index (χ3v) is 4.52. The summed E-state index contributed by atoms with van der Waals surface area (Å²) in [5.41, 5.74) is 1.85. The summed E-state index contributed by atoms with van der Waals surface area (Å²) >= 11 is 0.